The van der Waals surface area contributed by atoms with Crippen molar-refractivity contribution in [1.29, 1.82) is 5.26 Å². The Kier molecular flexibility index (Phi) is 3.55. The molecule has 0 bridgehead atoms. The molecule has 1 heterocycles. The molecule has 1 aromatic carbocycles. The molecule has 3 nitrogen and oxygen atoms in total. The summed E-state index contributed by atoms with van der Waals surface area (Å²) < 4.78 is 5.30. The average Bonchev–Trinajstić information content (AvgIpc) is 2.34. The van der Waals surface area contributed by atoms with Crippen LogP contribution in [0.3, 0.4) is 0 Å². The first kappa shape index (κ1) is 11.1. The molecule has 1 aliphatic rings. The molecule has 1 atom stereocenters. The molecule has 1 aliphatic heterocycles. The minimum Gasteiger partial charge on any atom is -0.379 e. The van der Waals surface area contributed by atoms with Gasteiger partial charge in [0.1, 0.15) is 6.04 Å². The maximum absolute atomic E-state index is 9.27. The molecular weight excluding hydrogens is 200 g/mol. The molecule has 0 aromatic heterocycles. The van der Waals surface area contributed by atoms with Crippen LogP contribution in [0.2, 0.25) is 0 Å². The zero-order valence-corrected chi connectivity index (χ0v) is 9.52. The average molecular weight is 216 g/mol. The first-order valence-corrected chi connectivity index (χ1v) is 5.59. The fraction of sp³-hybridized carbons (Fsp3) is 0.462. The van der Waals surface area contributed by atoms with E-state index in [4.69, 9.17) is 4.74 Å². The quantitative estimate of drug-likeness (QED) is 0.757. The van der Waals surface area contributed by atoms with Crippen molar-refractivity contribution in [3.63, 3.8) is 0 Å². The van der Waals surface area contributed by atoms with E-state index in [9.17, 15) is 5.26 Å². The molecule has 0 spiro atoms. The van der Waals surface area contributed by atoms with Gasteiger partial charge < -0.3 is 4.74 Å². The van der Waals surface area contributed by atoms with Crippen molar-refractivity contribution in [3.05, 3.63) is 35.4 Å². The van der Waals surface area contributed by atoms with E-state index in [1.54, 1.807) is 0 Å². The third-order valence-corrected chi connectivity index (χ3v) is 2.93. The zero-order chi connectivity index (χ0) is 11.4. The van der Waals surface area contributed by atoms with Crippen molar-refractivity contribution in [2.24, 2.45) is 0 Å². The van der Waals surface area contributed by atoms with E-state index in [-0.39, 0.29) is 6.04 Å². The summed E-state index contributed by atoms with van der Waals surface area (Å²) in [5.41, 5.74) is 2.30. The molecule has 0 unspecified atom stereocenters. The zero-order valence-electron chi connectivity index (χ0n) is 9.52. The van der Waals surface area contributed by atoms with Crippen LogP contribution >= 0.6 is 0 Å². The number of ether oxygens (including phenoxy) is 1. The number of hydrogen-bond donors (Lipinski definition) is 0. The van der Waals surface area contributed by atoms with E-state index in [2.05, 4.69) is 30.0 Å². The van der Waals surface area contributed by atoms with E-state index in [0.29, 0.717) is 0 Å². The Hall–Kier alpha value is -1.37. The number of nitrogens with zero attached hydrogens (tertiary/aromatic N) is 2. The highest BCUT2D eigenvalue weighted by molar-refractivity contribution is 5.27. The van der Waals surface area contributed by atoms with Crippen LogP contribution in [0.4, 0.5) is 0 Å². The monoisotopic (exact) mass is 216 g/mol. The normalized spacial score (nSPS) is 19.0. The molecule has 0 radical (unpaired) electrons. The molecule has 1 fully saturated rings. The van der Waals surface area contributed by atoms with Crippen LogP contribution in [0.1, 0.15) is 17.2 Å². The fourth-order valence-corrected chi connectivity index (χ4v) is 1.95. The highest BCUT2D eigenvalue weighted by Crippen LogP contribution is 2.21. The minimum atomic E-state index is -0.135. The van der Waals surface area contributed by atoms with Crippen LogP contribution in [0.25, 0.3) is 0 Å². The molecule has 3 heteroatoms. The van der Waals surface area contributed by atoms with Gasteiger partial charge in [-0.05, 0) is 12.5 Å². The summed E-state index contributed by atoms with van der Waals surface area (Å²) in [6, 6.07) is 10.4. The van der Waals surface area contributed by atoms with Gasteiger partial charge in [-0.1, -0.05) is 29.8 Å². The molecule has 16 heavy (non-hydrogen) atoms. The Balaban J connectivity index is 2.15. The summed E-state index contributed by atoms with van der Waals surface area (Å²) in [6.07, 6.45) is 0. The lowest BCUT2D eigenvalue weighted by Gasteiger charge is -2.30. The van der Waals surface area contributed by atoms with E-state index in [1.165, 1.54) is 5.56 Å². The largest absolute Gasteiger partial charge is 0.379 e. The SMILES string of the molecule is Cc1ccc([C@@H](C#N)N2CCOCC2)cc1. The number of benzene rings is 1. The predicted molar refractivity (Wildman–Crippen MR) is 61.9 cm³/mol. The highest BCUT2D eigenvalue weighted by Gasteiger charge is 2.21. The Bertz CT molecular complexity index is 374. The van der Waals surface area contributed by atoms with E-state index in [0.717, 1.165) is 31.9 Å². The summed E-state index contributed by atoms with van der Waals surface area (Å²) in [4.78, 5) is 2.17. The second-order valence-corrected chi connectivity index (χ2v) is 4.09. The van der Waals surface area contributed by atoms with Crippen molar-refractivity contribution >= 4 is 0 Å². The van der Waals surface area contributed by atoms with Gasteiger partial charge in [-0.25, -0.2) is 0 Å². The second-order valence-electron chi connectivity index (χ2n) is 4.09. The second kappa shape index (κ2) is 5.11. The van der Waals surface area contributed by atoms with Crippen molar-refractivity contribution in [2.75, 3.05) is 26.3 Å². The van der Waals surface area contributed by atoms with Gasteiger partial charge in [0.2, 0.25) is 0 Å². The van der Waals surface area contributed by atoms with Gasteiger partial charge in [0.15, 0.2) is 0 Å². The lowest BCUT2D eigenvalue weighted by molar-refractivity contribution is 0.0266. The van der Waals surface area contributed by atoms with Crippen molar-refractivity contribution in [2.45, 2.75) is 13.0 Å². The molecule has 2 rings (SSSR count). The Morgan fingerprint density at radius 1 is 1.25 bits per heavy atom. The summed E-state index contributed by atoms with van der Waals surface area (Å²) in [6.45, 7) is 5.19. The summed E-state index contributed by atoms with van der Waals surface area (Å²) in [5, 5.41) is 9.27. The standard InChI is InChI=1S/C13H16N2O/c1-11-2-4-12(5-3-11)13(10-14)15-6-8-16-9-7-15/h2-5,13H,6-9H2,1H3/t13-/m1/s1. The minimum absolute atomic E-state index is 0.135. The van der Waals surface area contributed by atoms with Crippen molar-refractivity contribution in [3.8, 4) is 6.07 Å². The van der Waals surface area contributed by atoms with Gasteiger partial charge in [0, 0.05) is 13.1 Å². The van der Waals surface area contributed by atoms with Crippen LogP contribution < -0.4 is 0 Å². The van der Waals surface area contributed by atoms with Gasteiger partial charge in [-0.2, -0.15) is 5.26 Å². The lowest BCUT2D eigenvalue weighted by atomic mass is 10.0. The van der Waals surface area contributed by atoms with Crippen LogP contribution in [0.15, 0.2) is 24.3 Å². The van der Waals surface area contributed by atoms with Gasteiger partial charge in [0.25, 0.3) is 0 Å². The van der Waals surface area contributed by atoms with Gasteiger partial charge >= 0.3 is 0 Å². The lowest BCUT2D eigenvalue weighted by Crippen LogP contribution is -2.38. The van der Waals surface area contributed by atoms with Crippen LogP contribution in [-0.4, -0.2) is 31.2 Å². The van der Waals surface area contributed by atoms with Gasteiger partial charge in [-0.3, -0.25) is 4.90 Å². The third-order valence-electron chi connectivity index (χ3n) is 2.93. The molecule has 0 saturated carbocycles. The third kappa shape index (κ3) is 2.41. The Labute approximate surface area is 96.2 Å². The fourth-order valence-electron chi connectivity index (χ4n) is 1.95. The summed E-state index contributed by atoms with van der Waals surface area (Å²) in [5.74, 6) is 0. The van der Waals surface area contributed by atoms with Crippen molar-refractivity contribution in [1.82, 2.24) is 4.90 Å². The molecular formula is C13H16N2O. The molecule has 0 N–H and O–H groups in total. The number of nitriles is 1. The molecule has 0 amide bonds. The van der Waals surface area contributed by atoms with Crippen LogP contribution in [-0.2, 0) is 4.74 Å². The maximum Gasteiger partial charge on any atom is 0.124 e. The molecule has 0 aliphatic carbocycles. The summed E-state index contributed by atoms with van der Waals surface area (Å²) in [7, 11) is 0. The number of rotatable bonds is 2. The predicted octanol–water partition coefficient (Wildman–Crippen LogP) is 1.89. The number of hydrogen-bond acceptors (Lipinski definition) is 3. The first-order chi connectivity index (χ1) is 7.81. The van der Waals surface area contributed by atoms with E-state index < -0.39 is 0 Å². The topological polar surface area (TPSA) is 36.3 Å². The Morgan fingerprint density at radius 3 is 2.44 bits per heavy atom. The van der Waals surface area contributed by atoms with E-state index in [1.807, 2.05) is 12.1 Å². The number of morpholine rings is 1. The van der Waals surface area contributed by atoms with Gasteiger partial charge in [0.05, 0.1) is 19.3 Å². The van der Waals surface area contributed by atoms with Gasteiger partial charge in [-0.15, -0.1) is 0 Å². The van der Waals surface area contributed by atoms with E-state index >= 15 is 0 Å². The first-order valence-electron chi connectivity index (χ1n) is 5.59. The van der Waals surface area contributed by atoms with Crippen LogP contribution in [0, 0.1) is 18.3 Å². The highest BCUT2D eigenvalue weighted by atomic mass is 16.5. The summed E-state index contributed by atoms with van der Waals surface area (Å²) >= 11 is 0. The maximum atomic E-state index is 9.27. The smallest absolute Gasteiger partial charge is 0.124 e. The molecule has 1 aromatic rings. The molecule has 84 valence electrons. The number of aryl methyl sites for hydroxylation is 1. The van der Waals surface area contributed by atoms with Crippen LogP contribution in [0.5, 0.6) is 0 Å². The van der Waals surface area contributed by atoms with Crippen molar-refractivity contribution < 1.29 is 4.74 Å². The Morgan fingerprint density at radius 2 is 1.88 bits per heavy atom. The molecule has 1 saturated heterocycles.